The lowest BCUT2D eigenvalue weighted by molar-refractivity contribution is -0.144. The Balaban J connectivity index is 2.34. The van der Waals surface area contributed by atoms with Gasteiger partial charge in [0, 0.05) is 6.54 Å². The molecule has 0 aliphatic rings. The summed E-state index contributed by atoms with van der Waals surface area (Å²) in [4.78, 5) is 21.7. The Labute approximate surface area is 111 Å². The topological polar surface area (TPSA) is 93.8 Å². The standard InChI is InChI=1S/C13H17N3O3/c1-10(17)8-13(18)19-7-6-15-16-12-5-3-2-4-11(12)9-14/h2-6,16H,7-9,14H2,1H3. The summed E-state index contributed by atoms with van der Waals surface area (Å²) in [5, 5.41) is 3.91. The molecule has 0 saturated heterocycles. The molecule has 0 saturated carbocycles. The van der Waals surface area contributed by atoms with Crippen molar-refractivity contribution in [3.63, 3.8) is 0 Å². The van der Waals surface area contributed by atoms with E-state index < -0.39 is 5.97 Å². The summed E-state index contributed by atoms with van der Waals surface area (Å²) in [5.74, 6) is -0.779. The number of nitrogens with one attached hydrogen (secondary N) is 1. The smallest absolute Gasteiger partial charge is 0.313 e. The largest absolute Gasteiger partial charge is 0.459 e. The first-order chi connectivity index (χ1) is 9.13. The molecular weight excluding hydrogens is 246 g/mol. The van der Waals surface area contributed by atoms with Gasteiger partial charge in [-0.15, -0.1) is 0 Å². The SMILES string of the molecule is CC(=O)CC(=O)OCC=NNc1ccccc1CN. The molecule has 6 nitrogen and oxygen atoms in total. The van der Waals surface area contributed by atoms with Gasteiger partial charge < -0.3 is 10.5 Å². The van der Waals surface area contributed by atoms with Crippen LogP contribution in [0.5, 0.6) is 0 Å². The molecule has 19 heavy (non-hydrogen) atoms. The molecule has 0 amide bonds. The number of carbonyl (C=O) groups excluding carboxylic acids is 2. The molecule has 0 fully saturated rings. The monoisotopic (exact) mass is 263 g/mol. The number of hydrogen-bond donors (Lipinski definition) is 2. The molecule has 3 N–H and O–H groups in total. The van der Waals surface area contributed by atoms with Gasteiger partial charge in [0.25, 0.3) is 0 Å². The van der Waals surface area contributed by atoms with Crippen molar-refractivity contribution in [1.29, 1.82) is 0 Å². The van der Waals surface area contributed by atoms with Gasteiger partial charge in [-0.05, 0) is 18.6 Å². The number of Topliss-reactive ketones (excluding diaryl/α,β-unsaturated/α-hetero) is 1. The van der Waals surface area contributed by atoms with Crippen LogP contribution in [-0.2, 0) is 20.9 Å². The molecule has 0 aromatic heterocycles. The summed E-state index contributed by atoms with van der Waals surface area (Å²) in [5.41, 5.74) is 10.1. The molecule has 0 heterocycles. The minimum atomic E-state index is -0.554. The first-order valence-corrected chi connectivity index (χ1v) is 5.84. The number of esters is 1. The van der Waals surface area contributed by atoms with Gasteiger partial charge in [-0.3, -0.25) is 15.0 Å². The van der Waals surface area contributed by atoms with E-state index in [1.54, 1.807) is 0 Å². The molecule has 0 unspecified atom stereocenters. The number of hydrazone groups is 1. The maximum Gasteiger partial charge on any atom is 0.313 e. The van der Waals surface area contributed by atoms with Crippen LogP contribution in [0.1, 0.15) is 18.9 Å². The number of nitrogens with zero attached hydrogens (tertiary/aromatic N) is 1. The minimum absolute atomic E-state index is 0.0178. The molecule has 0 aliphatic carbocycles. The third-order valence-electron chi connectivity index (χ3n) is 2.23. The van der Waals surface area contributed by atoms with Crippen LogP contribution in [0.4, 0.5) is 5.69 Å². The van der Waals surface area contributed by atoms with Crippen LogP contribution in [0.15, 0.2) is 29.4 Å². The fraction of sp³-hybridized carbons (Fsp3) is 0.308. The van der Waals surface area contributed by atoms with E-state index in [1.165, 1.54) is 13.1 Å². The second kappa shape index (κ2) is 7.99. The number of para-hydroxylation sites is 1. The fourth-order valence-electron chi connectivity index (χ4n) is 1.34. The lowest BCUT2D eigenvalue weighted by atomic mass is 10.2. The van der Waals surface area contributed by atoms with Crippen molar-refractivity contribution in [2.45, 2.75) is 19.9 Å². The average molecular weight is 263 g/mol. The first-order valence-electron chi connectivity index (χ1n) is 5.84. The van der Waals surface area contributed by atoms with Gasteiger partial charge in [-0.25, -0.2) is 0 Å². The molecule has 102 valence electrons. The number of benzene rings is 1. The quantitative estimate of drug-likeness (QED) is 0.332. The first kappa shape index (κ1) is 14.8. The highest BCUT2D eigenvalue weighted by molar-refractivity contribution is 5.94. The molecule has 1 aromatic rings. The summed E-state index contributed by atoms with van der Waals surface area (Å²) in [6, 6.07) is 7.50. The van der Waals surface area contributed by atoms with Crippen molar-refractivity contribution in [1.82, 2.24) is 0 Å². The van der Waals surface area contributed by atoms with Crippen molar-refractivity contribution in [2.24, 2.45) is 10.8 Å². The van der Waals surface area contributed by atoms with Crippen molar-refractivity contribution in [3.05, 3.63) is 29.8 Å². The van der Waals surface area contributed by atoms with Crippen molar-refractivity contribution >= 4 is 23.7 Å². The zero-order chi connectivity index (χ0) is 14.1. The molecule has 1 aromatic carbocycles. The second-order valence-electron chi connectivity index (χ2n) is 3.85. The highest BCUT2D eigenvalue weighted by Crippen LogP contribution is 2.13. The Morgan fingerprint density at radius 2 is 2.16 bits per heavy atom. The third-order valence-corrected chi connectivity index (χ3v) is 2.23. The van der Waals surface area contributed by atoms with Crippen LogP contribution in [0.2, 0.25) is 0 Å². The van der Waals surface area contributed by atoms with E-state index in [0.29, 0.717) is 6.54 Å². The van der Waals surface area contributed by atoms with Crippen LogP contribution in [0.25, 0.3) is 0 Å². The van der Waals surface area contributed by atoms with Crippen molar-refractivity contribution < 1.29 is 14.3 Å². The minimum Gasteiger partial charge on any atom is -0.459 e. The Morgan fingerprint density at radius 3 is 2.84 bits per heavy atom. The van der Waals surface area contributed by atoms with Gasteiger partial charge in [0.05, 0.1) is 11.9 Å². The Hall–Kier alpha value is -2.21. The zero-order valence-corrected chi connectivity index (χ0v) is 10.8. The van der Waals surface area contributed by atoms with E-state index in [2.05, 4.69) is 10.5 Å². The van der Waals surface area contributed by atoms with Gasteiger partial charge in [-0.1, -0.05) is 18.2 Å². The normalized spacial score (nSPS) is 10.4. The predicted molar refractivity (Wildman–Crippen MR) is 72.7 cm³/mol. The highest BCUT2D eigenvalue weighted by atomic mass is 16.5. The molecule has 1 rings (SSSR count). The average Bonchev–Trinajstić information content (AvgIpc) is 2.38. The molecule has 0 radical (unpaired) electrons. The number of anilines is 1. The van der Waals surface area contributed by atoms with Gasteiger partial charge in [0.1, 0.15) is 18.8 Å². The number of ketones is 1. The van der Waals surface area contributed by atoms with Gasteiger partial charge in [0.15, 0.2) is 0 Å². The second-order valence-corrected chi connectivity index (χ2v) is 3.85. The number of carbonyl (C=O) groups is 2. The van der Waals surface area contributed by atoms with E-state index in [4.69, 9.17) is 10.5 Å². The van der Waals surface area contributed by atoms with E-state index in [-0.39, 0.29) is 18.8 Å². The molecule has 0 aliphatic heterocycles. The van der Waals surface area contributed by atoms with Crippen LogP contribution in [0.3, 0.4) is 0 Å². The number of rotatable bonds is 7. The fourth-order valence-corrected chi connectivity index (χ4v) is 1.34. The maximum atomic E-state index is 11.0. The van der Waals surface area contributed by atoms with Gasteiger partial charge in [-0.2, -0.15) is 5.10 Å². The number of ether oxygens (including phenoxy) is 1. The third kappa shape index (κ3) is 5.78. The summed E-state index contributed by atoms with van der Waals surface area (Å²) in [7, 11) is 0. The Bertz CT molecular complexity index is 472. The Kier molecular flexibility index (Phi) is 6.25. The highest BCUT2D eigenvalue weighted by Gasteiger charge is 2.04. The summed E-state index contributed by atoms with van der Waals surface area (Å²) >= 11 is 0. The van der Waals surface area contributed by atoms with Crippen molar-refractivity contribution in [2.75, 3.05) is 12.0 Å². The molecule has 0 atom stereocenters. The van der Waals surface area contributed by atoms with E-state index in [0.717, 1.165) is 11.3 Å². The van der Waals surface area contributed by atoms with Crippen LogP contribution in [0, 0.1) is 0 Å². The molecule has 0 spiro atoms. The molecule has 6 heteroatoms. The van der Waals surface area contributed by atoms with Crippen LogP contribution < -0.4 is 11.2 Å². The lowest BCUT2D eigenvalue weighted by Gasteiger charge is -2.05. The zero-order valence-electron chi connectivity index (χ0n) is 10.8. The Morgan fingerprint density at radius 1 is 1.42 bits per heavy atom. The van der Waals surface area contributed by atoms with E-state index in [9.17, 15) is 9.59 Å². The van der Waals surface area contributed by atoms with E-state index >= 15 is 0 Å². The van der Waals surface area contributed by atoms with Gasteiger partial charge in [0.2, 0.25) is 0 Å². The van der Waals surface area contributed by atoms with Crippen LogP contribution >= 0.6 is 0 Å². The maximum absolute atomic E-state index is 11.0. The van der Waals surface area contributed by atoms with E-state index in [1.807, 2.05) is 24.3 Å². The summed E-state index contributed by atoms with van der Waals surface area (Å²) in [6.07, 6.45) is 1.20. The van der Waals surface area contributed by atoms with Gasteiger partial charge >= 0.3 is 5.97 Å². The predicted octanol–water partition coefficient (Wildman–Crippen LogP) is 1.07. The summed E-state index contributed by atoms with van der Waals surface area (Å²) < 4.78 is 4.77. The van der Waals surface area contributed by atoms with Crippen LogP contribution in [-0.4, -0.2) is 24.6 Å². The molecular formula is C13H17N3O3. The number of nitrogens with two attached hydrogens (primary N) is 1. The lowest BCUT2D eigenvalue weighted by Crippen LogP contribution is -2.10. The summed E-state index contributed by atoms with van der Waals surface area (Å²) in [6.45, 7) is 1.76. The molecule has 0 bridgehead atoms. The number of hydrogen-bond acceptors (Lipinski definition) is 6. The van der Waals surface area contributed by atoms with Crippen molar-refractivity contribution in [3.8, 4) is 0 Å².